The maximum Gasteiger partial charge on any atom is 0.282 e. The van der Waals surface area contributed by atoms with E-state index in [1.54, 1.807) is 0 Å². The number of hydrogen-bond acceptors (Lipinski definition) is 4. The number of nitro groups is 1. The number of non-ortho nitro benzene ring substituents is 1. The summed E-state index contributed by atoms with van der Waals surface area (Å²) in [6, 6.07) is 13.9. The molecule has 2 rings (SSSR count). The van der Waals surface area contributed by atoms with E-state index in [-0.39, 0.29) is 29.4 Å². The summed E-state index contributed by atoms with van der Waals surface area (Å²) < 4.78 is 5.20. The molecule has 27 heavy (non-hydrogen) atoms. The maximum atomic E-state index is 12.7. The monoisotopic (exact) mass is 372 g/mol. The van der Waals surface area contributed by atoms with Crippen molar-refractivity contribution in [2.75, 3.05) is 12.4 Å². The summed E-state index contributed by atoms with van der Waals surface area (Å²) in [4.78, 5) is 23.2. The van der Waals surface area contributed by atoms with E-state index in [9.17, 15) is 14.9 Å². The summed E-state index contributed by atoms with van der Waals surface area (Å²) in [5.74, 6) is 0.468. The van der Waals surface area contributed by atoms with Crippen molar-refractivity contribution in [1.82, 2.24) is 0 Å². The zero-order valence-electron chi connectivity index (χ0n) is 16.0. The fourth-order valence-electron chi connectivity index (χ4n) is 2.95. The van der Waals surface area contributed by atoms with Gasteiger partial charge in [0, 0.05) is 23.6 Å². The van der Waals surface area contributed by atoms with Gasteiger partial charge in [0.25, 0.3) is 11.6 Å². The normalized spacial score (nSPS) is 13.1. The van der Waals surface area contributed by atoms with Crippen LogP contribution in [0.1, 0.15) is 32.4 Å². The van der Waals surface area contributed by atoms with E-state index in [1.165, 1.54) is 25.3 Å². The van der Waals surface area contributed by atoms with Crippen molar-refractivity contribution in [2.24, 2.45) is 5.92 Å². The standard InChI is InChI=1S/C20H25N3O4/c1-13(2)19(15-8-6-5-7-9-15)21-14(3)20(24)22-17-12-16(23(25)26)10-11-18(17)27-4/h5-14,19,21H,1-4H3,(H,22,24)/p+1/t14-,19+/m0/s1. The first-order valence-electron chi connectivity index (χ1n) is 8.86. The number of ether oxygens (including phenoxy) is 1. The number of rotatable bonds is 8. The fraction of sp³-hybridized carbons (Fsp3) is 0.350. The smallest absolute Gasteiger partial charge is 0.282 e. The van der Waals surface area contributed by atoms with Crippen molar-refractivity contribution in [3.05, 3.63) is 64.2 Å². The molecule has 0 spiro atoms. The van der Waals surface area contributed by atoms with E-state index in [2.05, 4.69) is 31.3 Å². The van der Waals surface area contributed by atoms with Crippen LogP contribution < -0.4 is 15.4 Å². The van der Waals surface area contributed by atoms with Crippen molar-refractivity contribution in [3.8, 4) is 5.75 Å². The van der Waals surface area contributed by atoms with Gasteiger partial charge in [-0.05, 0) is 13.0 Å². The Morgan fingerprint density at radius 3 is 2.37 bits per heavy atom. The Labute approximate surface area is 158 Å². The summed E-state index contributed by atoms with van der Waals surface area (Å²) in [6.45, 7) is 6.04. The fourth-order valence-corrected chi connectivity index (χ4v) is 2.95. The lowest BCUT2D eigenvalue weighted by Crippen LogP contribution is -2.93. The highest BCUT2D eigenvalue weighted by Gasteiger charge is 2.26. The number of hydrogen-bond donors (Lipinski definition) is 2. The average molecular weight is 372 g/mol. The molecule has 2 atom stereocenters. The highest BCUT2D eigenvalue weighted by molar-refractivity contribution is 5.95. The molecule has 0 saturated carbocycles. The third kappa shape index (κ3) is 5.27. The molecule has 0 unspecified atom stereocenters. The van der Waals surface area contributed by atoms with Crippen LogP contribution in [0.3, 0.4) is 0 Å². The lowest BCUT2D eigenvalue weighted by atomic mass is 9.95. The van der Waals surface area contributed by atoms with Crippen molar-refractivity contribution in [2.45, 2.75) is 32.9 Å². The molecule has 0 saturated heterocycles. The van der Waals surface area contributed by atoms with E-state index in [1.807, 2.05) is 30.4 Å². The molecule has 0 bridgehead atoms. The minimum atomic E-state index is -0.505. The summed E-state index contributed by atoms with van der Waals surface area (Å²) >= 11 is 0. The maximum absolute atomic E-state index is 12.7. The van der Waals surface area contributed by atoms with Crippen LogP contribution in [0.2, 0.25) is 0 Å². The lowest BCUT2D eigenvalue weighted by molar-refractivity contribution is -0.718. The van der Waals surface area contributed by atoms with Crippen LogP contribution in [0, 0.1) is 16.0 Å². The number of methoxy groups -OCH3 is 1. The van der Waals surface area contributed by atoms with Gasteiger partial charge in [-0.2, -0.15) is 0 Å². The summed E-state index contributed by atoms with van der Waals surface area (Å²) in [5, 5.41) is 15.8. The minimum absolute atomic E-state index is 0.105. The predicted molar refractivity (Wildman–Crippen MR) is 104 cm³/mol. The van der Waals surface area contributed by atoms with Gasteiger partial charge in [-0.25, -0.2) is 0 Å². The zero-order chi connectivity index (χ0) is 20.0. The van der Waals surface area contributed by atoms with Gasteiger partial charge < -0.3 is 15.4 Å². The van der Waals surface area contributed by atoms with Crippen molar-refractivity contribution < 1.29 is 19.8 Å². The molecular weight excluding hydrogens is 346 g/mol. The molecule has 0 radical (unpaired) electrons. The van der Waals surface area contributed by atoms with E-state index in [0.29, 0.717) is 11.7 Å². The second-order valence-corrected chi connectivity index (χ2v) is 6.79. The Hall–Kier alpha value is -2.93. The van der Waals surface area contributed by atoms with Gasteiger partial charge >= 0.3 is 0 Å². The van der Waals surface area contributed by atoms with Crippen molar-refractivity contribution >= 4 is 17.3 Å². The first-order chi connectivity index (χ1) is 12.8. The van der Waals surface area contributed by atoms with Gasteiger partial charge in [0.1, 0.15) is 11.8 Å². The van der Waals surface area contributed by atoms with Gasteiger partial charge in [0.15, 0.2) is 6.04 Å². The van der Waals surface area contributed by atoms with Gasteiger partial charge in [0.05, 0.1) is 17.7 Å². The van der Waals surface area contributed by atoms with Crippen LogP contribution in [0.5, 0.6) is 5.75 Å². The van der Waals surface area contributed by atoms with Crippen LogP contribution in [0.15, 0.2) is 48.5 Å². The van der Waals surface area contributed by atoms with Crippen LogP contribution in [0.4, 0.5) is 11.4 Å². The molecule has 7 heteroatoms. The SMILES string of the molecule is COc1ccc([N+](=O)[O-])cc1NC(=O)[C@H](C)[NH2+][C@@H](c1ccccc1)C(C)C. The quantitative estimate of drug-likeness (QED) is 0.550. The summed E-state index contributed by atoms with van der Waals surface area (Å²) in [5.41, 5.74) is 1.34. The Morgan fingerprint density at radius 1 is 1.15 bits per heavy atom. The molecule has 0 aromatic heterocycles. The number of amides is 1. The number of carbonyl (C=O) groups is 1. The first-order valence-corrected chi connectivity index (χ1v) is 8.86. The Kier molecular flexibility index (Phi) is 6.90. The molecular formula is C20H26N3O4+. The molecule has 0 heterocycles. The summed E-state index contributed by atoms with van der Waals surface area (Å²) in [6.07, 6.45) is 0. The molecule has 2 aromatic carbocycles. The largest absolute Gasteiger partial charge is 0.495 e. The number of anilines is 1. The van der Waals surface area contributed by atoms with Crippen LogP contribution in [-0.2, 0) is 4.79 Å². The van der Waals surface area contributed by atoms with E-state index < -0.39 is 4.92 Å². The van der Waals surface area contributed by atoms with E-state index >= 15 is 0 Å². The van der Waals surface area contributed by atoms with E-state index in [0.717, 1.165) is 5.56 Å². The molecule has 0 aliphatic carbocycles. The molecule has 7 nitrogen and oxygen atoms in total. The molecule has 0 aliphatic rings. The van der Waals surface area contributed by atoms with Gasteiger partial charge in [-0.15, -0.1) is 0 Å². The number of nitrogens with one attached hydrogen (secondary N) is 1. The average Bonchev–Trinajstić information content (AvgIpc) is 2.66. The molecule has 0 fully saturated rings. The third-order valence-electron chi connectivity index (χ3n) is 4.46. The topological polar surface area (TPSA) is 98.1 Å². The van der Waals surface area contributed by atoms with Crippen molar-refractivity contribution in [1.29, 1.82) is 0 Å². The van der Waals surface area contributed by atoms with Crippen LogP contribution >= 0.6 is 0 Å². The second-order valence-electron chi connectivity index (χ2n) is 6.79. The number of carbonyl (C=O) groups excluding carboxylic acids is 1. The van der Waals surface area contributed by atoms with Crippen molar-refractivity contribution in [3.63, 3.8) is 0 Å². The number of nitro benzene ring substituents is 1. The highest BCUT2D eigenvalue weighted by Crippen LogP contribution is 2.29. The number of nitrogens with zero attached hydrogens (tertiary/aromatic N) is 1. The van der Waals surface area contributed by atoms with Crippen LogP contribution in [-0.4, -0.2) is 24.0 Å². The van der Waals surface area contributed by atoms with E-state index in [4.69, 9.17) is 4.74 Å². The molecule has 0 aliphatic heterocycles. The minimum Gasteiger partial charge on any atom is -0.495 e. The third-order valence-corrected chi connectivity index (χ3v) is 4.46. The number of nitrogens with two attached hydrogens (primary N) is 1. The van der Waals surface area contributed by atoms with Gasteiger partial charge in [0.2, 0.25) is 0 Å². The summed E-state index contributed by atoms with van der Waals surface area (Å²) in [7, 11) is 1.45. The molecule has 1 amide bonds. The lowest BCUT2D eigenvalue weighted by Gasteiger charge is -2.23. The Balaban J connectivity index is 2.15. The highest BCUT2D eigenvalue weighted by atomic mass is 16.6. The Bertz CT molecular complexity index is 793. The number of quaternary nitrogens is 1. The zero-order valence-corrected chi connectivity index (χ0v) is 16.0. The predicted octanol–water partition coefficient (Wildman–Crippen LogP) is 2.89. The van der Waals surface area contributed by atoms with Crippen LogP contribution in [0.25, 0.3) is 0 Å². The molecule has 3 N–H and O–H groups in total. The first kappa shape index (κ1) is 20.4. The number of benzene rings is 2. The second kappa shape index (κ2) is 9.14. The Morgan fingerprint density at radius 2 is 1.81 bits per heavy atom. The van der Waals surface area contributed by atoms with Gasteiger partial charge in [-0.1, -0.05) is 44.2 Å². The molecule has 2 aromatic rings. The molecule has 144 valence electrons. The van der Waals surface area contributed by atoms with Gasteiger partial charge in [-0.3, -0.25) is 14.9 Å².